The summed E-state index contributed by atoms with van der Waals surface area (Å²) >= 11 is 0. The molecule has 2 saturated carbocycles. The Kier molecular flexibility index (Phi) is 5.69. The third kappa shape index (κ3) is 3.58. The molecule has 0 aromatic heterocycles. The third-order valence-corrected chi connectivity index (χ3v) is 9.01. The second-order valence-electron chi connectivity index (χ2n) is 9.44. The van der Waals surface area contributed by atoms with Crippen molar-refractivity contribution >= 4 is 32.6 Å². The SMILES string of the molecule is COc1cccc2c(C(=O)N(C)OS(=O)(=O)CC34CCC(CC3=O)C4(C)C)ccc(OC)c12. The summed E-state index contributed by atoms with van der Waals surface area (Å²) < 4.78 is 42.0. The molecule has 9 heteroatoms. The van der Waals surface area contributed by atoms with Crippen LogP contribution in [0.4, 0.5) is 0 Å². The molecule has 2 aromatic rings. The summed E-state index contributed by atoms with van der Waals surface area (Å²) in [5, 5.41) is 1.85. The van der Waals surface area contributed by atoms with Gasteiger partial charge in [-0.3, -0.25) is 9.59 Å². The number of fused-ring (bicyclic) bond motifs is 3. The first-order valence-electron chi connectivity index (χ1n) is 10.8. The molecule has 1 amide bonds. The summed E-state index contributed by atoms with van der Waals surface area (Å²) in [6.45, 7) is 3.91. The maximum absolute atomic E-state index is 13.2. The van der Waals surface area contributed by atoms with Gasteiger partial charge in [0.05, 0.1) is 36.3 Å². The average molecular weight is 476 g/mol. The molecular weight excluding hydrogens is 446 g/mol. The molecule has 2 aliphatic rings. The Morgan fingerprint density at radius 1 is 1.12 bits per heavy atom. The first kappa shape index (κ1) is 23.5. The number of amides is 1. The molecule has 0 aliphatic heterocycles. The smallest absolute Gasteiger partial charge is 0.289 e. The number of carbonyl (C=O) groups is 2. The van der Waals surface area contributed by atoms with Crippen LogP contribution in [0, 0.1) is 16.7 Å². The van der Waals surface area contributed by atoms with E-state index in [1.54, 1.807) is 30.3 Å². The summed E-state index contributed by atoms with van der Waals surface area (Å²) in [5.41, 5.74) is -1.16. The van der Waals surface area contributed by atoms with Gasteiger partial charge in [0.15, 0.2) is 0 Å². The van der Waals surface area contributed by atoms with Crippen molar-refractivity contribution in [2.24, 2.45) is 16.7 Å². The van der Waals surface area contributed by atoms with Gasteiger partial charge in [-0.05, 0) is 42.4 Å². The minimum Gasteiger partial charge on any atom is -0.496 e. The molecule has 2 aromatic carbocycles. The van der Waals surface area contributed by atoms with Gasteiger partial charge in [-0.25, -0.2) is 5.06 Å². The van der Waals surface area contributed by atoms with Crippen molar-refractivity contribution in [3.63, 3.8) is 0 Å². The highest BCUT2D eigenvalue weighted by molar-refractivity contribution is 7.86. The average Bonchev–Trinajstić information content (AvgIpc) is 3.11. The Labute approximate surface area is 193 Å². The minimum absolute atomic E-state index is 0.0295. The van der Waals surface area contributed by atoms with E-state index in [1.807, 2.05) is 13.8 Å². The van der Waals surface area contributed by atoms with Gasteiger partial charge in [-0.15, -0.1) is 4.28 Å². The van der Waals surface area contributed by atoms with Crippen LogP contribution >= 0.6 is 0 Å². The van der Waals surface area contributed by atoms with Gasteiger partial charge in [-0.1, -0.05) is 26.0 Å². The van der Waals surface area contributed by atoms with Crippen molar-refractivity contribution in [3.05, 3.63) is 35.9 Å². The van der Waals surface area contributed by atoms with E-state index in [2.05, 4.69) is 0 Å². The van der Waals surface area contributed by atoms with Crippen LogP contribution in [-0.4, -0.2) is 52.2 Å². The van der Waals surface area contributed by atoms with Crippen LogP contribution < -0.4 is 9.47 Å². The lowest BCUT2D eigenvalue weighted by molar-refractivity contribution is -0.128. The van der Waals surface area contributed by atoms with E-state index in [-0.39, 0.29) is 17.3 Å². The molecule has 4 rings (SSSR count). The number of hydrogen-bond donors (Lipinski definition) is 0. The maximum Gasteiger partial charge on any atom is 0.289 e. The van der Waals surface area contributed by atoms with Gasteiger partial charge in [-0.2, -0.15) is 8.42 Å². The Bertz CT molecular complexity index is 1230. The Balaban J connectivity index is 1.62. The quantitative estimate of drug-likeness (QED) is 0.564. The number of hydrogen-bond acceptors (Lipinski definition) is 7. The van der Waals surface area contributed by atoms with Gasteiger partial charge in [0.25, 0.3) is 16.0 Å². The summed E-state index contributed by atoms with van der Waals surface area (Å²) in [4.78, 5) is 25.9. The molecule has 0 heterocycles. The van der Waals surface area contributed by atoms with Crippen LogP contribution in [0.15, 0.2) is 30.3 Å². The molecular formula is C24H29NO7S. The fraction of sp³-hybridized carbons (Fsp3) is 0.500. The predicted molar refractivity (Wildman–Crippen MR) is 123 cm³/mol. The molecule has 2 unspecified atom stereocenters. The molecule has 0 saturated heterocycles. The van der Waals surface area contributed by atoms with Gasteiger partial charge in [0.1, 0.15) is 17.3 Å². The van der Waals surface area contributed by atoms with Crippen LogP contribution in [0.5, 0.6) is 11.5 Å². The van der Waals surface area contributed by atoms with E-state index < -0.39 is 32.6 Å². The lowest BCUT2D eigenvalue weighted by Crippen LogP contribution is -2.44. The van der Waals surface area contributed by atoms with E-state index in [1.165, 1.54) is 21.3 Å². The normalized spacial score (nSPS) is 23.7. The number of carbonyl (C=O) groups excluding carboxylic acids is 2. The van der Waals surface area contributed by atoms with Crippen LogP contribution in [-0.2, 0) is 19.2 Å². The predicted octanol–water partition coefficient (Wildman–Crippen LogP) is 3.59. The molecule has 2 bridgehead atoms. The van der Waals surface area contributed by atoms with Crippen LogP contribution in [0.2, 0.25) is 0 Å². The third-order valence-electron chi connectivity index (χ3n) is 7.71. The van der Waals surface area contributed by atoms with E-state index in [0.29, 0.717) is 40.2 Å². The summed E-state index contributed by atoms with van der Waals surface area (Å²) in [6, 6.07) is 8.39. The number of nitrogens with zero attached hydrogens (tertiary/aromatic N) is 1. The topological polar surface area (TPSA) is 99.2 Å². The number of rotatable bonds is 7. The number of Topliss-reactive ketones (excluding diaryl/α,β-unsaturated/α-hetero) is 1. The van der Waals surface area contributed by atoms with E-state index in [4.69, 9.17) is 13.8 Å². The number of ether oxygens (including phenoxy) is 2. The van der Waals surface area contributed by atoms with Crippen LogP contribution in [0.25, 0.3) is 10.8 Å². The number of methoxy groups -OCH3 is 2. The van der Waals surface area contributed by atoms with E-state index >= 15 is 0 Å². The van der Waals surface area contributed by atoms with Crippen molar-refractivity contribution < 1.29 is 31.8 Å². The Morgan fingerprint density at radius 3 is 2.36 bits per heavy atom. The number of ketones is 1. The number of hydroxylamine groups is 2. The second kappa shape index (κ2) is 7.99. The first-order valence-corrected chi connectivity index (χ1v) is 12.4. The zero-order chi connectivity index (χ0) is 24.2. The van der Waals surface area contributed by atoms with Crippen molar-refractivity contribution in [2.45, 2.75) is 33.1 Å². The van der Waals surface area contributed by atoms with E-state index in [0.717, 1.165) is 6.42 Å². The fourth-order valence-corrected chi connectivity index (χ4v) is 7.42. The Hall–Kier alpha value is -2.65. The highest BCUT2D eigenvalue weighted by Crippen LogP contribution is 2.64. The van der Waals surface area contributed by atoms with Gasteiger partial charge in [0.2, 0.25) is 0 Å². The van der Waals surface area contributed by atoms with Gasteiger partial charge in [0, 0.05) is 18.9 Å². The van der Waals surface area contributed by atoms with Gasteiger partial charge < -0.3 is 9.47 Å². The molecule has 2 fully saturated rings. The summed E-state index contributed by atoms with van der Waals surface area (Å²) in [6.07, 6.45) is 1.74. The molecule has 178 valence electrons. The lowest BCUT2D eigenvalue weighted by atomic mass is 9.70. The fourth-order valence-electron chi connectivity index (χ4n) is 5.68. The van der Waals surface area contributed by atoms with Crippen molar-refractivity contribution in [2.75, 3.05) is 27.0 Å². The molecule has 2 atom stereocenters. The summed E-state index contributed by atoms with van der Waals surface area (Å²) in [5.74, 6) is 0.118. The largest absolute Gasteiger partial charge is 0.496 e. The molecule has 33 heavy (non-hydrogen) atoms. The molecule has 0 radical (unpaired) electrons. The Morgan fingerprint density at radius 2 is 1.79 bits per heavy atom. The molecule has 8 nitrogen and oxygen atoms in total. The maximum atomic E-state index is 13.2. The standard InChI is InChI=1S/C24H29NO7S/c1-23(2)15-11-12-24(23,20(26)13-15)14-33(28,29)32-25(3)22(27)17-9-10-19(31-5)21-16(17)7-6-8-18(21)30-4/h6-10,15H,11-14H2,1-5H3. The van der Waals surface area contributed by atoms with E-state index in [9.17, 15) is 18.0 Å². The monoisotopic (exact) mass is 475 g/mol. The van der Waals surface area contributed by atoms with Crippen LogP contribution in [0.1, 0.15) is 43.5 Å². The zero-order valence-corrected chi connectivity index (χ0v) is 20.3. The molecule has 0 N–H and O–H groups in total. The van der Waals surface area contributed by atoms with Crippen LogP contribution in [0.3, 0.4) is 0 Å². The second-order valence-corrected chi connectivity index (χ2v) is 11.0. The first-order chi connectivity index (χ1) is 15.5. The molecule has 0 spiro atoms. The van der Waals surface area contributed by atoms with Crippen molar-refractivity contribution in [3.8, 4) is 11.5 Å². The number of benzene rings is 2. The minimum atomic E-state index is -4.21. The van der Waals surface area contributed by atoms with Crippen molar-refractivity contribution in [1.29, 1.82) is 0 Å². The van der Waals surface area contributed by atoms with Crippen molar-refractivity contribution in [1.82, 2.24) is 5.06 Å². The highest BCUT2D eigenvalue weighted by atomic mass is 32.2. The zero-order valence-electron chi connectivity index (χ0n) is 19.5. The highest BCUT2D eigenvalue weighted by Gasteiger charge is 2.65. The lowest BCUT2D eigenvalue weighted by Gasteiger charge is -2.36. The van der Waals surface area contributed by atoms with Gasteiger partial charge >= 0.3 is 0 Å². The summed E-state index contributed by atoms with van der Waals surface area (Å²) in [7, 11) is 0.0820. The molecule has 2 aliphatic carbocycles.